The molecule has 1 aromatic rings. The second-order valence-electron chi connectivity index (χ2n) is 6.70. The van der Waals surface area contributed by atoms with Gasteiger partial charge in [0, 0.05) is 31.5 Å². The van der Waals surface area contributed by atoms with Crippen molar-refractivity contribution >= 4 is 11.7 Å². The van der Waals surface area contributed by atoms with Gasteiger partial charge in [0.1, 0.15) is 0 Å². The SMILES string of the molecule is Cc1ccc(C)c(C(=O)CCC(=O)N2CCC([C@H](C)O)CC2)c1. The van der Waals surface area contributed by atoms with Crippen molar-refractivity contribution in [3.05, 3.63) is 34.9 Å². The summed E-state index contributed by atoms with van der Waals surface area (Å²) in [4.78, 5) is 26.4. The van der Waals surface area contributed by atoms with E-state index in [1.165, 1.54) is 0 Å². The van der Waals surface area contributed by atoms with Gasteiger partial charge in [0.25, 0.3) is 0 Å². The Kier molecular flexibility index (Phi) is 5.94. The Morgan fingerprint density at radius 1 is 1.22 bits per heavy atom. The molecule has 0 saturated carbocycles. The van der Waals surface area contributed by atoms with Crippen LogP contribution in [0, 0.1) is 19.8 Å². The number of carbonyl (C=O) groups excluding carboxylic acids is 2. The molecular formula is C19H27NO3. The van der Waals surface area contributed by atoms with Crippen LogP contribution in [0.25, 0.3) is 0 Å². The molecule has 1 saturated heterocycles. The molecule has 1 heterocycles. The lowest BCUT2D eigenvalue weighted by atomic mass is 9.92. The molecular weight excluding hydrogens is 290 g/mol. The first kappa shape index (κ1) is 17.7. The molecule has 126 valence electrons. The summed E-state index contributed by atoms with van der Waals surface area (Å²) in [6, 6.07) is 5.84. The molecule has 0 aliphatic carbocycles. The average Bonchev–Trinajstić information content (AvgIpc) is 2.54. The zero-order valence-electron chi connectivity index (χ0n) is 14.3. The number of hydrogen-bond donors (Lipinski definition) is 1. The van der Waals surface area contributed by atoms with Crippen molar-refractivity contribution in [1.29, 1.82) is 0 Å². The van der Waals surface area contributed by atoms with Crippen LogP contribution in [0.5, 0.6) is 0 Å². The summed E-state index contributed by atoms with van der Waals surface area (Å²) in [5.74, 6) is 0.377. The largest absolute Gasteiger partial charge is 0.393 e. The molecule has 4 nitrogen and oxygen atoms in total. The highest BCUT2D eigenvalue weighted by Crippen LogP contribution is 2.21. The topological polar surface area (TPSA) is 57.6 Å². The summed E-state index contributed by atoms with van der Waals surface area (Å²) >= 11 is 0. The molecule has 0 bridgehead atoms. The number of nitrogens with zero attached hydrogens (tertiary/aromatic N) is 1. The number of carbonyl (C=O) groups is 2. The van der Waals surface area contributed by atoms with Gasteiger partial charge >= 0.3 is 0 Å². The van der Waals surface area contributed by atoms with Crippen molar-refractivity contribution in [3.63, 3.8) is 0 Å². The monoisotopic (exact) mass is 317 g/mol. The van der Waals surface area contributed by atoms with Crippen LogP contribution in [0.1, 0.15) is 54.1 Å². The van der Waals surface area contributed by atoms with Crippen molar-refractivity contribution in [1.82, 2.24) is 4.90 Å². The number of hydrogen-bond acceptors (Lipinski definition) is 3. The van der Waals surface area contributed by atoms with Crippen LogP contribution >= 0.6 is 0 Å². The number of aryl methyl sites for hydroxylation is 2. The molecule has 1 amide bonds. The molecule has 1 aliphatic rings. The van der Waals surface area contributed by atoms with Crippen LogP contribution in [-0.2, 0) is 4.79 Å². The minimum absolute atomic E-state index is 0.0402. The standard InChI is InChI=1S/C19H27NO3/c1-13-4-5-14(2)17(12-13)18(22)6-7-19(23)20-10-8-16(9-11-20)15(3)21/h4-5,12,15-16,21H,6-11H2,1-3H3/t15-/m0/s1. The van der Waals surface area contributed by atoms with E-state index in [9.17, 15) is 14.7 Å². The number of aliphatic hydroxyl groups is 1. The highest BCUT2D eigenvalue weighted by Gasteiger charge is 2.25. The maximum atomic E-state index is 12.3. The molecule has 1 aliphatic heterocycles. The fourth-order valence-electron chi connectivity index (χ4n) is 3.18. The Morgan fingerprint density at radius 2 is 1.87 bits per heavy atom. The smallest absolute Gasteiger partial charge is 0.223 e. The van der Waals surface area contributed by atoms with E-state index in [1.54, 1.807) is 0 Å². The lowest BCUT2D eigenvalue weighted by Gasteiger charge is -2.33. The van der Waals surface area contributed by atoms with Crippen molar-refractivity contribution in [3.8, 4) is 0 Å². The molecule has 1 fully saturated rings. The Balaban J connectivity index is 1.85. The first-order valence-corrected chi connectivity index (χ1v) is 8.44. The number of rotatable bonds is 5. The van der Waals surface area contributed by atoms with E-state index < -0.39 is 0 Å². The maximum absolute atomic E-state index is 12.3. The normalized spacial score (nSPS) is 17.1. The van der Waals surface area contributed by atoms with Gasteiger partial charge in [0.2, 0.25) is 5.91 Å². The molecule has 0 aromatic heterocycles. The molecule has 1 N–H and O–H groups in total. The second kappa shape index (κ2) is 7.73. The van der Waals surface area contributed by atoms with Gasteiger partial charge in [-0.25, -0.2) is 0 Å². The minimum Gasteiger partial charge on any atom is -0.393 e. The number of aliphatic hydroxyl groups excluding tert-OH is 1. The predicted octanol–water partition coefficient (Wildman–Crippen LogP) is 2.89. The van der Waals surface area contributed by atoms with Crippen molar-refractivity contribution in [2.75, 3.05) is 13.1 Å². The Labute approximate surface area is 138 Å². The van der Waals surface area contributed by atoms with E-state index in [0.29, 0.717) is 13.1 Å². The van der Waals surface area contributed by atoms with Gasteiger partial charge in [-0.3, -0.25) is 9.59 Å². The number of ketones is 1. The average molecular weight is 317 g/mol. The number of amides is 1. The van der Waals surface area contributed by atoms with E-state index in [4.69, 9.17) is 0 Å². The van der Waals surface area contributed by atoms with E-state index >= 15 is 0 Å². The van der Waals surface area contributed by atoms with Crippen LogP contribution in [-0.4, -0.2) is 40.9 Å². The van der Waals surface area contributed by atoms with Gasteiger partial charge in [-0.15, -0.1) is 0 Å². The van der Waals surface area contributed by atoms with Gasteiger partial charge in [0.15, 0.2) is 5.78 Å². The molecule has 1 aromatic carbocycles. The first-order chi connectivity index (χ1) is 10.9. The van der Waals surface area contributed by atoms with Crippen LogP contribution in [0.15, 0.2) is 18.2 Å². The third kappa shape index (κ3) is 4.64. The fourth-order valence-corrected chi connectivity index (χ4v) is 3.18. The third-order valence-corrected chi connectivity index (χ3v) is 4.83. The zero-order chi connectivity index (χ0) is 17.0. The summed E-state index contributed by atoms with van der Waals surface area (Å²) in [6.07, 6.45) is 1.91. The molecule has 4 heteroatoms. The predicted molar refractivity (Wildman–Crippen MR) is 90.5 cm³/mol. The number of likely N-dealkylation sites (tertiary alicyclic amines) is 1. The van der Waals surface area contributed by atoms with E-state index in [-0.39, 0.29) is 36.6 Å². The lowest BCUT2D eigenvalue weighted by Crippen LogP contribution is -2.40. The molecule has 1 atom stereocenters. The molecule has 0 unspecified atom stereocenters. The van der Waals surface area contributed by atoms with Gasteiger partial charge in [-0.1, -0.05) is 17.7 Å². The van der Waals surface area contributed by atoms with E-state index in [0.717, 1.165) is 29.5 Å². The summed E-state index contributed by atoms with van der Waals surface area (Å²) in [6.45, 7) is 7.08. The highest BCUT2D eigenvalue weighted by atomic mass is 16.3. The fraction of sp³-hybridized carbons (Fsp3) is 0.579. The van der Waals surface area contributed by atoms with Crippen LogP contribution in [0.4, 0.5) is 0 Å². The van der Waals surface area contributed by atoms with Gasteiger partial charge in [0.05, 0.1) is 6.10 Å². The van der Waals surface area contributed by atoms with Crippen molar-refractivity contribution in [2.45, 2.75) is 52.6 Å². The second-order valence-corrected chi connectivity index (χ2v) is 6.70. The number of benzene rings is 1. The Morgan fingerprint density at radius 3 is 2.48 bits per heavy atom. The third-order valence-electron chi connectivity index (χ3n) is 4.83. The van der Waals surface area contributed by atoms with Crippen molar-refractivity contribution in [2.24, 2.45) is 5.92 Å². The Bertz CT molecular complexity index is 572. The minimum atomic E-state index is -0.307. The summed E-state index contributed by atoms with van der Waals surface area (Å²) in [5.41, 5.74) is 2.75. The maximum Gasteiger partial charge on any atom is 0.223 e. The molecule has 0 spiro atoms. The Hall–Kier alpha value is -1.68. The zero-order valence-corrected chi connectivity index (χ0v) is 14.3. The van der Waals surface area contributed by atoms with E-state index in [1.807, 2.05) is 43.9 Å². The molecule has 0 radical (unpaired) electrons. The van der Waals surface area contributed by atoms with Gasteiger partial charge < -0.3 is 10.0 Å². The van der Waals surface area contributed by atoms with Crippen LogP contribution in [0.3, 0.4) is 0 Å². The van der Waals surface area contributed by atoms with Gasteiger partial charge in [-0.2, -0.15) is 0 Å². The van der Waals surface area contributed by atoms with Crippen LogP contribution in [0.2, 0.25) is 0 Å². The van der Waals surface area contributed by atoms with E-state index in [2.05, 4.69) is 0 Å². The summed E-state index contributed by atoms with van der Waals surface area (Å²) in [5, 5.41) is 9.60. The summed E-state index contributed by atoms with van der Waals surface area (Å²) < 4.78 is 0. The molecule has 23 heavy (non-hydrogen) atoms. The molecule has 2 rings (SSSR count). The van der Waals surface area contributed by atoms with Crippen molar-refractivity contribution < 1.29 is 14.7 Å². The van der Waals surface area contributed by atoms with Crippen LogP contribution < -0.4 is 0 Å². The number of Topliss-reactive ketones (excluding diaryl/α,β-unsaturated/α-hetero) is 1. The van der Waals surface area contributed by atoms with Gasteiger partial charge in [-0.05, 0) is 51.2 Å². The quantitative estimate of drug-likeness (QED) is 0.850. The lowest BCUT2D eigenvalue weighted by molar-refractivity contribution is -0.133. The highest BCUT2D eigenvalue weighted by molar-refractivity contribution is 5.99. The first-order valence-electron chi connectivity index (χ1n) is 8.44. The summed E-state index contributed by atoms with van der Waals surface area (Å²) in [7, 11) is 0. The number of piperidine rings is 1.